The lowest BCUT2D eigenvalue weighted by atomic mass is 9.89. The van der Waals surface area contributed by atoms with Gasteiger partial charge in [-0.05, 0) is 48.6 Å². The van der Waals surface area contributed by atoms with Crippen LogP contribution in [0.1, 0.15) is 51.7 Å². The molecule has 2 aromatic carbocycles. The van der Waals surface area contributed by atoms with Crippen molar-refractivity contribution in [2.24, 2.45) is 0 Å². The molecule has 1 saturated heterocycles. The summed E-state index contributed by atoms with van der Waals surface area (Å²) in [5.41, 5.74) is 2.68. The highest BCUT2D eigenvalue weighted by atomic mass is 16.6. The summed E-state index contributed by atoms with van der Waals surface area (Å²) in [6.45, 7) is 10.4. The highest BCUT2D eigenvalue weighted by Crippen LogP contribution is 2.38. The van der Waals surface area contributed by atoms with E-state index in [2.05, 4.69) is 6.07 Å². The fourth-order valence-corrected chi connectivity index (χ4v) is 4.69. The van der Waals surface area contributed by atoms with Crippen LogP contribution in [0.15, 0.2) is 42.5 Å². The highest BCUT2D eigenvalue weighted by molar-refractivity contribution is 5.94. The minimum absolute atomic E-state index is 0.000976. The van der Waals surface area contributed by atoms with Crippen LogP contribution in [0.5, 0.6) is 0 Å². The summed E-state index contributed by atoms with van der Waals surface area (Å²) in [4.78, 5) is 39.8. The molecular formula is C26H30N3O4. The van der Waals surface area contributed by atoms with Gasteiger partial charge in [0.2, 0.25) is 11.8 Å². The SMILES string of the molecule is CC(=O)N1C(C)CN(C(=O)/C=C/c2cc[c]c([N+](=O)[O-])c2-c2ccccc2C(C)C)CC1C. The molecular weight excluding hydrogens is 418 g/mol. The zero-order chi connectivity index (χ0) is 24.3. The predicted molar refractivity (Wildman–Crippen MR) is 129 cm³/mol. The quantitative estimate of drug-likeness (QED) is 0.378. The van der Waals surface area contributed by atoms with Crippen molar-refractivity contribution in [2.45, 2.75) is 52.6 Å². The van der Waals surface area contributed by atoms with Crippen LogP contribution >= 0.6 is 0 Å². The fraction of sp³-hybridized carbons (Fsp3) is 0.385. The lowest BCUT2D eigenvalue weighted by molar-refractivity contribution is -0.384. The first-order valence-corrected chi connectivity index (χ1v) is 11.2. The number of carbonyl (C=O) groups excluding carboxylic acids is 2. The maximum atomic E-state index is 13.0. The molecule has 0 spiro atoms. The lowest BCUT2D eigenvalue weighted by Crippen LogP contribution is -2.59. The summed E-state index contributed by atoms with van der Waals surface area (Å²) in [5.74, 6) is -0.0190. The van der Waals surface area contributed by atoms with Crippen LogP contribution in [-0.2, 0) is 9.59 Å². The van der Waals surface area contributed by atoms with Crippen molar-refractivity contribution in [3.05, 3.63) is 69.8 Å². The first kappa shape index (κ1) is 24.2. The summed E-state index contributed by atoms with van der Waals surface area (Å²) in [5, 5.41) is 11.8. The average molecular weight is 449 g/mol. The van der Waals surface area contributed by atoms with E-state index in [9.17, 15) is 19.7 Å². The molecule has 2 atom stereocenters. The van der Waals surface area contributed by atoms with Gasteiger partial charge < -0.3 is 9.80 Å². The van der Waals surface area contributed by atoms with Crippen molar-refractivity contribution in [3.63, 3.8) is 0 Å². The second kappa shape index (κ2) is 9.98. The van der Waals surface area contributed by atoms with Gasteiger partial charge in [-0.1, -0.05) is 44.2 Å². The summed E-state index contributed by atoms with van der Waals surface area (Å²) in [7, 11) is 0. The first-order chi connectivity index (χ1) is 15.6. The molecule has 7 nitrogen and oxygen atoms in total. The number of carbonyl (C=O) groups is 2. The predicted octanol–water partition coefficient (Wildman–Crippen LogP) is 4.67. The van der Waals surface area contributed by atoms with Gasteiger partial charge in [0.25, 0.3) is 5.69 Å². The smallest absolute Gasteiger partial charge is 0.285 e. The largest absolute Gasteiger partial charge is 0.335 e. The molecule has 2 unspecified atom stereocenters. The topological polar surface area (TPSA) is 83.8 Å². The fourth-order valence-electron chi connectivity index (χ4n) is 4.69. The lowest BCUT2D eigenvalue weighted by Gasteiger charge is -2.43. The molecule has 0 N–H and O–H groups in total. The Labute approximate surface area is 194 Å². The van der Waals surface area contributed by atoms with Gasteiger partial charge >= 0.3 is 0 Å². The Hall–Kier alpha value is -3.48. The monoisotopic (exact) mass is 448 g/mol. The number of benzene rings is 2. The summed E-state index contributed by atoms with van der Waals surface area (Å²) < 4.78 is 0. The Bertz CT molecular complexity index is 1080. The zero-order valence-electron chi connectivity index (χ0n) is 19.7. The second-order valence-electron chi connectivity index (χ2n) is 8.86. The van der Waals surface area contributed by atoms with Crippen LogP contribution in [0, 0.1) is 16.2 Å². The number of nitro benzene ring substituents is 1. The van der Waals surface area contributed by atoms with E-state index < -0.39 is 4.92 Å². The van der Waals surface area contributed by atoms with E-state index in [4.69, 9.17) is 0 Å². The normalized spacial score (nSPS) is 18.7. The van der Waals surface area contributed by atoms with E-state index in [1.165, 1.54) is 12.1 Å². The first-order valence-electron chi connectivity index (χ1n) is 11.2. The molecule has 0 aromatic heterocycles. The van der Waals surface area contributed by atoms with Gasteiger partial charge in [-0.15, -0.1) is 0 Å². The Morgan fingerprint density at radius 3 is 2.36 bits per heavy atom. The second-order valence-corrected chi connectivity index (χ2v) is 8.86. The van der Waals surface area contributed by atoms with Crippen molar-refractivity contribution >= 4 is 23.6 Å². The van der Waals surface area contributed by atoms with Crippen molar-refractivity contribution in [1.29, 1.82) is 0 Å². The average Bonchev–Trinajstić information content (AvgIpc) is 2.76. The van der Waals surface area contributed by atoms with E-state index in [1.54, 1.807) is 28.9 Å². The standard InChI is InChI=1S/C26H30N3O4/c1-17(2)22-10-6-7-11-23(22)26-21(9-8-12-24(26)29(32)33)13-14-25(31)27-15-18(3)28(20(5)30)19(4)16-27/h6-11,13-14,17-19H,15-16H2,1-5H3/b14-13+. The number of hydrogen-bond acceptors (Lipinski definition) is 4. The Kier molecular flexibility index (Phi) is 7.31. The molecule has 1 fully saturated rings. The number of piperazine rings is 1. The molecule has 0 bridgehead atoms. The van der Waals surface area contributed by atoms with Gasteiger partial charge in [0.05, 0.1) is 16.6 Å². The van der Waals surface area contributed by atoms with Crippen molar-refractivity contribution < 1.29 is 14.5 Å². The van der Waals surface area contributed by atoms with Crippen LogP contribution in [0.3, 0.4) is 0 Å². The van der Waals surface area contributed by atoms with Crippen LogP contribution in [0.4, 0.5) is 5.69 Å². The van der Waals surface area contributed by atoms with E-state index in [1.807, 2.05) is 52.0 Å². The summed E-state index contributed by atoms with van der Waals surface area (Å²) in [6, 6.07) is 13.5. The summed E-state index contributed by atoms with van der Waals surface area (Å²) >= 11 is 0. The minimum Gasteiger partial charge on any atom is -0.335 e. The molecule has 33 heavy (non-hydrogen) atoms. The third-order valence-electron chi connectivity index (χ3n) is 6.04. The molecule has 2 aromatic rings. The van der Waals surface area contributed by atoms with Crippen LogP contribution < -0.4 is 0 Å². The van der Waals surface area contributed by atoms with E-state index in [-0.39, 0.29) is 35.5 Å². The molecule has 3 rings (SSSR count). The number of amides is 2. The van der Waals surface area contributed by atoms with Crippen molar-refractivity contribution in [2.75, 3.05) is 13.1 Å². The molecule has 0 aliphatic carbocycles. The molecule has 1 radical (unpaired) electrons. The van der Waals surface area contributed by atoms with Crippen LogP contribution in [0.25, 0.3) is 17.2 Å². The third kappa shape index (κ3) is 5.13. The van der Waals surface area contributed by atoms with Crippen molar-refractivity contribution in [1.82, 2.24) is 9.80 Å². The van der Waals surface area contributed by atoms with Crippen molar-refractivity contribution in [3.8, 4) is 11.1 Å². The van der Waals surface area contributed by atoms with Gasteiger partial charge in [0.1, 0.15) is 0 Å². The molecule has 1 aliphatic rings. The van der Waals surface area contributed by atoms with Gasteiger partial charge in [-0.3, -0.25) is 19.7 Å². The Balaban J connectivity index is 1.97. The van der Waals surface area contributed by atoms with E-state index in [0.717, 1.165) is 11.1 Å². The molecule has 1 aliphatic heterocycles. The maximum absolute atomic E-state index is 13.0. The summed E-state index contributed by atoms with van der Waals surface area (Å²) in [6.07, 6.45) is 3.10. The minimum atomic E-state index is -0.435. The van der Waals surface area contributed by atoms with E-state index >= 15 is 0 Å². The zero-order valence-corrected chi connectivity index (χ0v) is 19.7. The maximum Gasteiger partial charge on any atom is 0.285 e. The third-order valence-corrected chi connectivity index (χ3v) is 6.04. The number of rotatable bonds is 5. The Morgan fingerprint density at radius 2 is 1.79 bits per heavy atom. The number of hydrogen-bond donors (Lipinski definition) is 0. The Morgan fingerprint density at radius 1 is 1.15 bits per heavy atom. The molecule has 173 valence electrons. The van der Waals surface area contributed by atoms with Crippen LogP contribution in [-0.4, -0.2) is 51.7 Å². The molecule has 0 saturated carbocycles. The van der Waals surface area contributed by atoms with Gasteiger partial charge in [-0.25, -0.2) is 0 Å². The van der Waals surface area contributed by atoms with E-state index in [0.29, 0.717) is 24.2 Å². The number of nitrogens with zero attached hydrogens (tertiary/aromatic N) is 3. The van der Waals surface area contributed by atoms with Gasteiger partial charge in [0.15, 0.2) is 0 Å². The molecule has 1 heterocycles. The highest BCUT2D eigenvalue weighted by Gasteiger charge is 2.32. The number of nitro groups is 1. The van der Waals surface area contributed by atoms with Crippen LogP contribution in [0.2, 0.25) is 0 Å². The molecule has 2 amide bonds. The molecule has 7 heteroatoms. The van der Waals surface area contributed by atoms with Gasteiger partial charge in [0, 0.05) is 38.2 Å². The van der Waals surface area contributed by atoms with Gasteiger partial charge in [-0.2, -0.15) is 0 Å².